The van der Waals surface area contributed by atoms with Crippen LogP contribution >= 0.6 is 11.8 Å². The van der Waals surface area contributed by atoms with Crippen LogP contribution in [0.3, 0.4) is 0 Å². The third-order valence-electron chi connectivity index (χ3n) is 3.00. The van der Waals surface area contributed by atoms with Crippen LogP contribution in [0.2, 0.25) is 0 Å². The van der Waals surface area contributed by atoms with Gasteiger partial charge in [0.25, 0.3) is 5.91 Å². The number of carbonyl (C=O) groups is 1. The predicted molar refractivity (Wildman–Crippen MR) is 88.1 cm³/mol. The minimum atomic E-state index is -3.17. The number of rotatable bonds is 4. The zero-order chi connectivity index (χ0) is 16.3. The van der Waals surface area contributed by atoms with E-state index < -0.39 is 9.84 Å². The molecular weight excluding hydrogens is 318 g/mol. The molecule has 116 valence electrons. The molecule has 0 heterocycles. The Balaban J connectivity index is 2.13. The largest absolute Gasteiger partial charge is 0.345 e. The van der Waals surface area contributed by atoms with Gasteiger partial charge in [0.2, 0.25) is 0 Å². The number of carbonyl (C=O) groups excluding carboxylic acids is 1. The van der Waals surface area contributed by atoms with Gasteiger partial charge in [-0.05, 0) is 48.5 Å². The fraction of sp³-hybridized carbons (Fsp3) is 0.188. The van der Waals surface area contributed by atoms with Crippen molar-refractivity contribution in [3.63, 3.8) is 0 Å². The molecule has 0 atom stereocenters. The highest BCUT2D eigenvalue weighted by Crippen LogP contribution is 2.28. The summed E-state index contributed by atoms with van der Waals surface area (Å²) in [7, 11) is 0.266. The molecule has 0 radical (unpaired) electrons. The molecule has 0 aliphatic heterocycles. The molecule has 0 unspecified atom stereocenters. The third-order valence-corrected chi connectivity index (χ3v) is 5.14. The minimum absolute atomic E-state index is 0.0333. The summed E-state index contributed by atoms with van der Waals surface area (Å²) in [6.45, 7) is 0. The highest BCUT2D eigenvalue weighted by atomic mass is 32.2. The first-order valence-corrected chi connectivity index (χ1v) is 9.28. The number of nitrogens with zero attached hydrogens (tertiary/aromatic N) is 1. The quantitative estimate of drug-likeness (QED) is 0.862. The summed E-state index contributed by atoms with van der Waals surface area (Å²) >= 11 is 1.52. The lowest BCUT2D eigenvalue weighted by molar-refractivity contribution is 0.0827. The van der Waals surface area contributed by atoms with Gasteiger partial charge >= 0.3 is 0 Å². The predicted octanol–water partition coefficient (Wildman–Crippen LogP) is 2.94. The van der Waals surface area contributed by atoms with Crippen LogP contribution in [0.4, 0.5) is 0 Å². The summed E-state index contributed by atoms with van der Waals surface area (Å²) in [4.78, 5) is 15.6. The first kappa shape index (κ1) is 16.6. The summed E-state index contributed by atoms with van der Waals surface area (Å²) in [6, 6.07) is 14.1. The molecule has 0 saturated heterocycles. The highest BCUT2D eigenvalue weighted by molar-refractivity contribution is 7.99. The summed E-state index contributed by atoms with van der Waals surface area (Å²) in [5, 5.41) is 0. The number of amides is 1. The summed E-state index contributed by atoms with van der Waals surface area (Å²) < 4.78 is 22.8. The van der Waals surface area contributed by atoms with E-state index in [0.717, 1.165) is 9.79 Å². The van der Waals surface area contributed by atoms with E-state index in [4.69, 9.17) is 0 Å². The molecule has 0 bridgehead atoms. The lowest BCUT2D eigenvalue weighted by atomic mass is 10.2. The topological polar surface area (TPSA) is 54.5 Å². The van der Waals surface area contributed by atoms with Gasteiger partial charge in [0.1, 0.15) is 0 Å². The molecule has 2 aromatic carbocycles. The smallest absolute Gasteiger partial charge is 0.253 e. The second-order valence-electron chi connectivity index (χ2n) is 5.07. The molecule has 4 nitrogen and oxygen atoms in total. The highest BCUT2D eigenvalue weighted by Gasteiger charge is 2.09. The van der Waals surface area contributed by atoms with Crippen molar-refractivity contribution < 1.29 is 13.2 Å². The van der Waals surface area contributed by atoms with Crippen LogP contribution in [-0.2, 0) is 9.84 Å². The van der Waals surface area contributed by atoms with Crippen molar-refractivity contribution in [3.05, 3.63) is 54.1 Å². The Morgan fingerprint density at radius 3 is 1.77 bits per heavy atom. The van der Waals surface area contributed by atoms with Crippen LogP contribution in [0.15, 0.2) is 63.2 Å². The molecule has 1 amide bonds. The van der Waals surface area contributed by atoms with Crippen LogP contribution in [0.1, 0.15) is 10.4 Å². The molecule has 0 aromatic heterocycles. The Morgan fingerprint density at radius 2 is 1.36 bits per heavy atom. The van der Waals surface area contributed by atoms with E-state index in [1.807, 2.05) is 12.1 Å². The maximum absolute atomic E-state index is 11.8. The number of sulfone groups is 1. The van der Waals surface area contributed by atoms with E-state index in [9.17, 15) is 13.2 Å². The van der Waals surface area contributed by atoms with Gasteiger partial charge in [0, 0.05) is 35.7 Å². The van der Waals surface area contributed by atoms with E-state index in [2.05, 4.69) is 0 Å². The Morgan fingerprint density at radius 1 is 0.909 bits per heavy atom. The molecule has 2 rings (SSSR count). The van der Waals surface area contributed by atoms with Crippen LogP contribution in [0, 0.1) is 0 Å². The van der Waals surface area contributed by atoms with Gasteiger partial charge in [-0.3, -0.25) is 4.79 Å². The Labute approximate surface area is 135 Å². The third kappa shape index (κ3) is 4.11. The lowest BCUT2D eigenvalue weighted by Gasteiger charge is -2.10. The Kier molecular flexibility index (Phi) is 4.93. The van der Waals surface area contributed by atoms with Crippen LogP contribution in [0.25, 0.3) is 0 Å². The molecule has 2 aromatic rings. The average Bonchev–Trinajstić information content (AvgIpc) is 2.47. The second kappa shape index (κ2) is 6.54. The molecule has 0 N–H and O–H groups in total. The van der Waals surface area contributed by atoms with Crippen molar-refractivity contribution in [1.82, 2.24) is 4.90 Å². The fourth-order valence-corrected chi connectivity index (χ4v) is 3.26. The maximum Gasteiger partial charge on any atom is 0.253 e. The first-order valence-electron chi connectivity index (χ1n) is 6.57. The van der Waals surface area contributed by atoms with Crippen molar-refractivity contribution in [3.8, 4) is 0 Å². The fourth-order valence-electron chi connectivity index (χ4n) is 1.81. The SMILES string of the molecule is CN(C)C(=O)c1ccc(Sc2ccc(S(C)(=O)=O)cc2)cc1. The zero-order valence-electron chi connectivity index (χ0n) is 12.6. The van der Waals surface area contributed by atoms with Crippen molar-refractivity contribution >= 4 is 27.5 Å². The number of hydrogen-bond acceptors (Lipinski definition) is 4. The molecule has 0 aliphatic rings. The van der Waals surface area contributed by atoms with E-state index in [1.165, 1.54) is 22.9 Å². The van der Waals surface area contributed by atoms with E-state index >= 15 is 0 Å². The van der Waals surface area contributed by atoms with Crippen molar-refractivity contribution in [2.24, 2.45) is 0 Å². The first-order chi connectivity index (χ1) is 10.3. The molecule has 0 fully saturated rings. The molecule has 22 heavy (non-hydrogen) atoms. The summed E-state index contributed by atoms with van der Waals surface area (Å²) in [5.41, 5.74) is 0.641. The lowest BCUT2D eigenvalue weighted by Crippen LogP contribution is -2.21. The summed E-state index contributed by atoms with van der Waals surface area (Å²) in [6.07, 6.45) is 1.19. The number of benzene rings is 2. The van der Waals surface area contributed by atoms with E-state index in [0.29, 0.717) is 10.5 Å². The second-order valence-corrected chi connectivity index (χ2v) is 8.23. The Hall–Kier alpha value is -1.79. The van der Waals surface area contributed by atoms with Gasteiger partial charge in [-0.15, -0.1) is 0 Å². The van der Waals surface area contributed by atoms with Gasteiger partial charge < -0.3 is 4.90 Å². The maximum atomic E-state index is 11.8. The van der Waals surface area contributed by atoms with Gasteiger partial charge in [0.15, 0.2) is 9.84 Å². The minimum Gasteiger partial charge on any atom is -0.345 e. The van der Waals surface area contributed by atoms with Gasteiger partial charge in [-0.25, -0.2) is 8.42 Å². The standard InChI is InChI=1S/C16H17NO3S2/c1-17(2)16(18)12-4-6-13(7-5-12)21-14-8-10-15(11-9-14)22(3,19)20/h4-11H,1-3H3. The summed E-state index contributed by atoms with van der Waals surface area (Å²) in [5.74, 6) is -0.0333. The van der Waals surface area contributed by atoms with Crippen molar-refractivity contribution in [1.29, 1.82) is 0 Å². The molecular formula is C16H17NO3S2. The van der Waals surface area contributed by atoms with Crippen LogP contribution < -0.4 is 0 Å². The molecule has 0 spiro atoms. The number of hydrogen-bond donors (Lipinski definition) is 0. The van der Waals surface area contributed by atoms with Gasteiger partial charge in [0.05, 0.1) is 4.90 Å². The van der Waals surface area contributed by atoms with E-state index in [1.54, 1.807) is 50.5 Å². The average molecular weight is 335 g/mol. The molecule has 0 aliphatic carbocycles. The van der Waals surface area contributed by atoms with Crippen LogP contribution in [0.5, 0.6) is 0 Å². The normalized spacial score (nSPS) is 11.2. The monoisotopic (exact) mass is 335 g/mol. The van der Waals surface area contributed by atoms with Crippen molar-refractivity contribution in [2.75, 3.05) is 20.4 Å². The van der Waals surface area contributed by atoms with Gasteiger partial charge in [-0.1, -0.05) is 11.8 Å². The molecule has 0 saturated carbocycles. The van der Waals surface area contributed by atoms with Gasteiger partial charge in [-0.2, -0.15) is 0 Å². The van der Waals surface area contributed by atoms with E-state index in [-0.39, 0.29) is 5.91 Å². The molecule has 6 heteroatoms. The van der Waals surface area contributed by atoms with Crippen LogP contribution in [-0.4, -0.2) is 39.6 Å². The Bertz CT molecular complexity index is 764. The van der Waals surface area contributed by atoms with Crippen molar-refractivity contribution in [2.45, 2.75) is 14.7 Å². The zero-order valence-corrected chi connectivity index (χ0v) is 14.2.